The van der Waals surface area contributed by atoms with Gasteiger partial charge in [0.15, 0.2) is 5.69 Å². The van der Waals surface area contributed by atoms with Crippen LogP contribution in [0.15, 0.2) is 0 Å². The van der Waals surface area contributed by atoms with Gasteiger partial charge in [-0.25, -0.2) is 4.68 Å². The van der Waals surface area contributed by atoms with Crippen molar-refractivity contribution in [1.82, 2.24) is 15.0 Å². The van der Waals surface area contributed by atoms with Gasteiger partial charge in [0.25, 0.3) is 0 Å². The number of hydrogen-bond donors (Lipinski definition) is 0. The van der Waals surface area contributed by atoms with Gasteiger partial charge in [-0.3, -0.25) is 0 Å². The van der Waals surface area contributed by atoms with E-state index in [1.54, 1.807) is 26.8 Å². The maximum atomic E-state index is 12.9. The summed E-state index contributed by atoms with van der Waals surface area (Å²) in [6, 6.07) is 1.24. The van der Waals surface area contributed by atoms with Crippen LogP contribution in [0.3, 0.4) is 0 Å². The van der Waals surface area contributed by atoms with Gasteiger partial charge in [0.2, 0.25) is 0 Å². The number of rotatable bonds is 3. The number of nitriles is 1. The molecule has 94 valence electrons. The van der Waals surface area contributed by atoms with Crippen LogP contribution in [0.5, 0.6) is 0 Å². The largest absolute Gasteiger partial charge is 0.434 e. The second-order valence-corrected chi connectivity index (χ2v) is 4.15. The molecular formula is C10H13F3N4. The molecule has 0 fully saturated rings. The van der Waals surface area contributed by atoms with E-state index >= 15 is 0 Å². The molecule has 1 unspecified atom stereocenters. The highest BCUT2D eigenvalue weighted by atomic mass is 19.4. The summed E-state index contributed by atoms with van der Waals surface area (Å²) in [4.78, 5) is 0. The van der Waals surface area contributed by atoms with E-state index in [0.717, 1.165) is 4.68 Å². The fourth-order valence-electron chi connectivity index (χ4n) is 1.38. The molecule has 0 spiro atoms. The van der Waals surface area contributed by atoms with Crippen LogP contribution in [0.2, 0.25) is 0 Å². The van der Waals surface area contributed by atoms with Crippen LogP contribution >= 0.6 is 0 Å². The zero-order chi connectivity index (χ0) is 13.2. The lowest BCUT2D eigenvalue weighted by atomic mass is 10.1. The Morgan fingerprint density at radius 3 is 2.35 bits per heavy atom. The highest BCUT2D eigenvalue weighted by molar-refractivity contribution is 5.18. The maximum Gasteiger partial charge on any atom is 0.434 e. The summed E-state index contributed by atoms with van der Waals surface area (Å²) in [6.45, 7) is 5.25. The van der Waals surface area contributed by atoms with Gasteiger partial charge in [0.05, 0.1) is 18.5 Å². The highest BCUT2D eigenvalue weighted by Crippen LogP contribution is 2.34. The number of alkyl halides is 3. The zero-order valence-corrected chi connectivity index (χ0v) is 9.78. The molecule has 1 atom stereocenters. The molecule has 17 heavy (non-hydrogen) atoms. The molecule has 0 N–H and O–H groups in total. The first-order valence-electron chi connectivity index (χ1n) is 5.17. The van der Waals surface area contributed by atoms with E-state index in [9.17, 15) is 13.2 Å². The average Bonchev–Trinajstić information content (AvgIpc) is 2.60. The first-order chi connectivity index (χ1) is 7.79. The predicted molar refractivity (Wildman–Crippen MR) is 53.9 cm³/mol. The Balaban J connectivity index is 3.29. The molecule has 0 aliphatic rings. The second-order valence-electron chi connectivity index (χ2n) is 4.15. The third-order valence-electron chi connectivity index (χ3n) is 2.63. The van der Waals surface area contributed by atoms with Crippen LogP contribution in [0.4, 0.5) is 13.2 Å². The highest BCUT2D eigenvalue weighted by Gasteiger charge is 2.40. The minimum atomic E-state index is -4.54. The summed E-state index contributed by atoms with van der Waals surface area (Å²) in [5.74, 6) is -0.00673. The van der Waals surface area contributed by atoms with Crippen LogP contribution in [0, 0.1) is 17.2 Å². The van der Waals surface area contributed by atoms with Crippen molar-refractivity contribution in [3.8, 4) is 6.07 Å². The van der Waals surface area contributed by atoms with Crippen molar-refractivity contribution in [2.45, 2.75) is 39.4 Å². The molecule has 0 aliphatic carbocycles. The molecule has 7 heteroatoms. The molecule has 0 aliphatic heterocycles. The Labute approximate surface area is 97.0 Å². The smallest absolute Gasteiger partial charge is 0.237 e. The quantitative estimate of drug-likeness (QED) is 0.823. The summed E-state index contributed by atoms with van der Waals surface area (Å²) in [5.41, 5.74) is -1.23. The maximum absolute atomic E-state index is 12.9. The van der Waals surface area contributed by atoms with Gasteiger partial charge in [0, 0.05) is 0 Å². The molecule has 1 heterocycles. The molecule has 4 nitrogen and oxygen atoms in total. The van der Waals surface area contributed by atoms with E-state index < -0.39 is 17.9 Å². The molecular weight excluding hydrogens is 233 g/mol. The molecule has 0 amide bonds. The minimum Gasteiger partial charge on any atom is -0.237 e. The Bertz CT molecular complexity index is 428. The van der Waals surface area contributed by atoms with Crippen LogP contribution in [-0.4, -0.2) is 15.0 Å². The van der Waals surface area contributed by atoms with Crippen LogP contribution < -0.4 is 0 Å². The van der Waals surface area contributed by atoms with Crippen molar-refractivity contribution in [1.29, 1.82) is 5.26 Å². The van der Waals surface area contributed by atoms with E-state index in [1.165, 1.54) is 0 Å². The summed E-state index contributed by atoms with van der Waals surface area (Å²) in [6.07, 6.45) is -4.93. The Morgan fingerprint density at radius 1 is 1.35 bits per heavy atom. The van der Waals surface area contributed by atoms with Crippen LogP contribution in [0.1, 0.15) is 38.2 Å². The second kappa shape index (κ2) is 4.73. The third-order valence-corrected chi connectivity index (χ3v) is 2.63. The molecule has 0 aromatic carbocycles. The van der Waals surface area contributed by atoms with Crippen molar-refractivity contribution < 1.29 is 13.2 Å². The minimum absolute atomic E-state index is 0.00673. The Kier molecular flexibility index (Phi) is 3.76. The van der Waals surface area contributed by atoms with Gasteiger partial charge in [-0.15, -0.1) is 5.10 Å². The summed E-state index contributed by atoms with van der Waals surface area (Å²) in [5, 5.41) is 15.4. The van der Waals surface area contributed by atoms with E-state index in [0.29, 0.717) is 0 Å². The topological polar surface area (TPSA) is 54.5 Å². The van der Waals surface area contributed by atoms with E-state index in [1.807, 2.05) is 0 Å². The van der Waals surface area contributed by atoms with Crippen molar-refractivity contribution in [2.75, 3.05) is 0 Å². The number of aromatic nitrogens is 3. The summed E-state index contributed by atoms with van der Waals surface area (Å²) in [7, 11) is 0. The lowest BCUT2D eigenvalue weighted by Gasteiger charge is -2.19. The van der Waals surface area contributed by atoms with Gasteiger partial charge in [-0.1, -0.05) is 19.1 Å². The fraction of sp³-hybridized carbons (Fsp3) is 0.700. The predicted octanol–water partition coefficient (Wildman–Crippen LogP) is 2.58. The van der Waals surface area contributed by atoms with Gasteiger partial charge in [0.1, 0.15) is 5.69 Å². The van der Waals surface area contributed by atoms with Crippen molar-refractivity contribution in [3.05, 3.63) is 11.4 Å². The molecule has 0 bridgehead atoms. The summed E-state index contributed by atoms with van der Waals surface area (Å²) >= 11 is 0. The molecule has 1 rings (SSSR count). The monoisotopic (exact) mass is 246 g/mol. The van der Waals surface area contributed by atoms with Gasteiger partial charge >= 0.3 is 6.18 Å². The summed E-state index contributed by atoms with van der Waals surface area (Å²) < 4.78 is 39.5. The number of hydrogen-bond acceptors (Lipinski definition) is 3. The standard InChI is InChI=1S/C10H13F3N4/c1-6(2)7(3)17-9(10(11,12)13)8(4-5-14)15-16-17/h6-7H,4H2,1-3H3. The van der Waals surface area contributed by atoms with Crippen molar-refractivity contribution in [2.24, 2.45) is 5.92 Å². The van der Waals surface area contributed by atoms with Crippen molar-refractivity contribution in [3.63, 3.8) is 0 Å². The van der Waals surface area contributed by atoms with Crippen LogP contribution in [-0.2, 0) is 12.6 Å². The number of nitrogens with zero attached hydrogens (tertiary/aromatic N) is 4. The van der Waals surface area contributed by atoms with Gasteiger partial charge in [-0.2, -0.15) is 18.4 Å². The first-order valence-corrected chi connectivity index (χ1v) is 5.17. The van der Waals surface area contributed by atoms with Crippen molar-refractivity contribution >= 4 is 0 Å². The molecule has 0 saturated heterocycles. The lowest BCUT2D eigenvalue weighted by molar-refractivity contribution is -0.145. The molecule has 0 radical (unpaired) electrons. The van der Waals surface area contributed by atoms with Crippen LogP contribution in [0.25, 0.3) is 0 Å². The van der Waals surface area contributed by atoms with E-state index in [-0.39, 0.29) is 18.0 Å². The van der Waals surface area contributed by atoms with Gasteiger partial charge < -0.3 is 0 Å². The normalized spacial score (nSPS) is 13.8. The average molecular weight is 246 g/mol. The van der Waals surface area contributed by atoms with E-state index in [2.05, 4.69) is 10.3 Å². The number of halogens is 3. The Morgan fingerprint density at radius 2 is 1.94 bits per heavy atom. The SMILES string of the molecule is CC(C)C(C)n1nnc(CC#N)c1C(F)(F)F. The fourth-order valence-corrected chi connectivity index (χ4v) is 1.38. The third kappa shape index (κ3) is 2.75. The van der Waals surface area contributed by atoms with Gasteiger partial charge in [-0.05, 0) is 12.8 Å². The Hall–Kier alpha value is -1.58. The first kappa shape index (κ1) is 13.5. The lowest BCUT2D eigenvalue weighted by Crippen LogP contribution is -2.22. The molecule has 1 aromatic heterocycles. The molecule has 1 aromatic rings. The zero-order valence-electron chi connectivity index (χ0n) is 9.78. The van der Waals surface area contributed by atoms with E-state index in [4.69, 9.17) is 5.26 Å². The molecule has 0 saturated carbocycles.